The Hall–Kier alpha value is -1.49. The Morgan fingerprint density at radius 3 is 2.93 bits per heavy atom. The maximum absolute atomic E-state index is 9.08. The SMILES string of the molecule is COc1cc2c(cc1C)CCCC2C#N. The summed E-state index contributed by atoms with van der Waals surface area (Å²) in [6, 6.07) is 6.58. The molecule has 15 heavy (non-hydrogen) atoms. The first-order chi connectivity index (χ1) is 7.26. The van der Waals surface area contributed by atoms with Crippen LogP contribution in [0.15, 0.2) is 12.1 Å². The standard InChI is InChI=1S/C13H15NO/c1-9-6-10-4-3-5-11(8-14)12(10)7-13(9)15-2/h6-7,11H,3-5H2,1-2H3. The highest BCUT2D eigenvalue weighted by Crippen LogP contribution is 2.35. The lowest BCUT2D eigenvalue weighted by Gasteiger charge is -2.22. The summed E-state index contributed by atoms with van der Waals surface area (Å²) in [5.41, 5.74) is 3.66. The molecule has 0 fully saturated rings. The van der Waals surface area contributed by atoms with Gasteiger partial charge in [-0.3, -0.25) is 0 Å². The molecule has 1 aromatic carbocycles. The van der Waals surface area contributed by atoms with E-state index < -0.39 is 0 Å². The third-order valence-corrected chi connectivity index (χ3v) is 3.13. The second-order valence-electron chi connectivity index (χ2n) is 4.09. The fourth-order valence-electron chi connectivity index (χ4n) is 2.31. The Morgan fingerprint density at radius 2 is 2.27 bits per heavy atom. The van der Waals surface area contributed by atoms with E-state index in [2.05, 4.69) is 19.1 Å². The molecule has 0 heterocycles. The summed E-state index contributed by atoms with van der Waals surface area (Å²) >= 11 is 0. The molecule has 2 nitrogen and oxygen atoms in total. The van der Waals surface area contributed by atoms with E-state index in [9.17, 15) is 0 Å². The zero-order valence-corrected chi connectivity index (χ0v) is 9.21. The van der Waals surface area contributed by atoms with E-state index in [1.807, 2.05) is 6.07 Å². The summed E-state index contributed by atoms with van der Waals surface area (Å²) in [7, 11) is 1.68. The van der Waals surface area contributed by atoms with Crippen molar-refractivity contribution in [2.75, 3.05) is 7.11 Å². The molecule has 0 radical (unpaired) electrons. The van der Waals surface area contributed by atoms with E-state index in [0.717, 1.165) is 30.6 Å². The second kappa shape index (κ2) is 3.94. The molecule has 1 aliphatic carbocycles. The van der Waals surface area contributed by atoms with Crippen molar-refractivity contribution in [1.29, 1.82) is 5.26 Å². The number of nitriles is 1. The van der Waals surface area contributed by atoms with Crippen molar-refractivity contribution in [1.82, 2.24) is 0 Å². The normalized spacial score (nSPS) is 19.1. The van der Waals surface area contributed by atoms with Gasteiger partial charge in [-0.1, -0.05) is 6.07 Å². The summed E-state index contributed by atoms with van der Waals surface area (Å²) in [6.07, 6.45) is 3.20. The van der Waals surface area contributed by atoms with Gasteiger partial charge in [0, 0.05) is 0 Å². The number of rotatable bonds is 1. The molecule has 2 rings (SSSR count). The van der Waals surface area contributed by atoms with Crippen LogP contribution in [0.5, 0.6) is 5.75 Å². The van der Waals surface area contributed by atoms with Gasteiger partial charge in [0.2, 0.25) is 0 Å². The number of benzene rings is 1. The Labute approximate surface area is 90.5 Å². The molecule has 0 aromatic heterocycles. The summed E-state index contributed by atoms with van der Waals surface area (Å²) in [6.45, 7) is 2.05. The molecule has 78 valence electrons. The van der Waals surface area contributed by atoms with Crippen LogP contribution in [-0.2, 0) is 6.42 Å². The largest absolute Gasteiger partial charge is 0.496 e. The molecule has 1 atom stereocenters. The van der Waals surface area contributed by atoms with Crippen LogP contribution in [0.2, 0.25) is 0 Å². The van der Waals surface area contributed by atoms with Gasteiger partial charge in [0.15, 0.2) is 0 Å². The lowest BCUT2D eigenvalue weighted by molar-refractivity contribution is 0.410. The van der Waals surface area contributed by atoms with Crippen molar-refractivity contribution in [2.45, 2.75) is 32.1 Å². The second-order valence-corrected chi connectivity index (χ2v) is 4.09. The fourth-order valence-corrected chi connectivity index (χ4v) is 2.31. The van der Waals surface area contributed by atoms with Crippen molar-refractivity contribution in [2.24, 2.45) is 0 Å². The van der Waals surface area contributed by atoms with Gasteiger partial charge in [0.1, 0.15) is 5.75 Å². The topological polar surface area (TPSA) is 33.0 Å². The highest BCUT2D eigenvalue weighted by molar-refractivity contribution is 5.46. The van der Waals surface area contributed by atoms with Crippen LogP contribution >= 0.6 is 0 Å². The first-order valence-electron chi connectivity index (χ1n) is 5.33. The molecule has 0 N–H and O–H groups in total. The Kier molecular flexibility index (Phi) is 2.64. The quantitative estimate of drug-likeness (QED) is 0.699. The van der Waals surface area contributed by atoms with Gasteiger partial charge >= 0.3 is 0 Å². The molecule has 0 saturated carbocycles. The number of nitrogens with zero attached hydrogens (tertiary/aromatic N) is 1. The molecule has 1 unspecified atom stereocenters. The van der Waals surface area contributed by atoms with Gasteiger partial charge in [-0.05, 0) is 48.9 Å². The number of aryl methyl sites for hydroxylation is 2. The number of fused-ring (bicyclic) bond motifs is 1. The molecule has 2 heteroatoms. The van der Waals surface area contributed by atoms with Crippen molar-refractivity contribution in [3.63, 3.8) is 0 Å². The van der Waals surface area contributed by atoms with E-state index in [1.54, 1.807) is 7.11 Å². The Morgan fingerprint density at radius 1 is 1.47 bits per heavy atom. The Balaban J connectivity index is 2.52. The van der Waals surface area contributed by atoms with Crippen LogP contribution in [0.3, 0.4) is 0 Å². The van der Waals surface area contributed by atoms with E-state index >= 15 is 0 Å². The first kappa shape index (κ1) is 10.0. The van der Waals surface area contributed by atoms with Gasteiger partial charge in [-0.25, -0.2) is 0 Å². The monoisotopic (exact) mass is 201 g/mol. The zero-order valence-electron chi connectivity index (χ0n) is 9.21. The predicted molar refractivity (Wildman–Crippen MR) is 59.0 cm³/mol. The minimum Gasteiger partial charge on any atom is -0.496 e. The van der Waals surface area contributed by atoms with E-state index in [0.29, 0.717) is 0 Å². The minimum atomic E-state index is 0.0586. The van der Waals surface area contributed by atoms with Crippen LogP contribution in [0.4, 0.5) is 0 Å². The smallest absolute Gasteiger partial charge is 0.122 e. The van der Waals surface area contributed by atoms with Gasteiger partial charge < -0.3 is 4.74 Å². The average Bonchev–Trinajstić information content (AvgIpc) is 2.27. The van der Waals surface area contributed by atoms with E-state index in [4.69, 9.17) is 10.00 Å². The van der Waals surface area contributed by atoms with Crippen LogP contribution in [-0.4, -0.2) is 7.11 Å². The maximum Gasteiger partial charge on any atom is 0.122 e. The highest BCUT2D eigenvalue weighted by Gasteiger charge is 2.21. The van der Waals surface area contributed by atoms with Crippen LogP contribution < -0.4 is 4.74 Å². The number of hydrogen-bond donors (Lipinski definition) is 0. The van der Waals surface area contributed by atoms with Gasteiger partial charge in [0.05, 0.1) is 19.1 Å². The highest BCUT2D eigenvalue weighted by atomic mass is 16.5. The van der Waals surface area contributed by atoms with Crippen LogP contribution in [0.1, 0.15) is 35.4 Å². The fraction of sp³-hybridized carbons (Fsp3) is 0.462. The third kappa shape index (κ3) is 1.70. The lowest BCUT2D eigenvalue weighted by atomic mass is 9.83. The molecule has 0 saturated heterocycles. The van der Waals surface area contributed by atoms with Crippen molar-refractivity contribution in [3.8, 4) is 11.8 Å². The van der Waals surface area contributed by atoms with Crippen molar-refractivity contribution >= 4 is 0 Å². The molecule has 0 bridgehead atoms. The minimum absolute atomic E-state index is 0.0586. The number of hydrogen-bond acceptors (Lipinski definition) is 2. The average molecular weight is 201 g/mol. The van der Waals surface area contributed by atoms with Crippen molar-refractivity contribution in [3.05, 3.63) is 28.8 Å². The molecular formula is C13H15NO. The molecule has 0 amide bonds. The first-order valence-corrected chi connectivity index (χ1v) is 5.33. The van der Waals surface area contributed by atoms with E-state index in [1.165, 1.54) is 11.1 Å². The van der Waals surface area contributed by atoms with Crippen molar-refractivity contribution < 1.29 is 4.74 Å². The molecular weight excluding hydrogens is 186 g/mol. The van der Waals surface area contributed by atoms with Crippen LogP contribution in [0.25, 0.3) is 0 Å². The number of ether oxygens (including phenoxy) is 1. The predicted octanol–water partition coefficient (Wildman–Crippen LogP) is 2.95. The zero-order chi connectivity index (χ0) is 10.8. The summed E-state index contributed by atoms with van der Waals surface area (Å²) < 4.78 is 5.29. The van der Waals surface area contributed by atoms with Gasteiger partial charge in [0.25, 0.3) is 0 Å². The van der Waals surface area contributed by atoms with Gasteiger partial charge in [-0.2, -0.15) is 5.26 Å². The summed E-state index contributed by atoms with van der Waals surface area (Å²) in [4.78, 5) is 0. The molecule has 1 aliphatic rings. The molecule has 1 aromatic rings. The Bertz CT molecular complexity index is 417. The third-order valence-electron chi connectivity index (χ3n) is 3.13. The van der Waals surface area contributed by atoms with E-state index in [-0.39, 0.29) is 5.92 Å². The van der Waals surface area contributed by atoms with Gasteiger partial charge in [-0.15, -0.1) is 0 Å². The lowest BCUT2D eigenvalue weighted by Crippen LogP contribution is -2.09. The summed E-state index contributed by atoms with van der Waals surface area (Å²) in [5, 5.41) is 9.08. The maximum atomic E-state index is 9.08. The summed E-state index contributed by atoms with van der Waals surface area (Å²) in [5.74, 6) is 0.958. The molecule has 0 aliphatic heterocycles. The number of methoxy groups -OCH3 is 1. The van der Waals surface area contributed by atoms with Crippen LogP contribution in [0, 0.1) is 18.3 Å². The molecule has 0 spiro atoms.